The number of fused-ring (bicyclic) bond motifs is 1. The number of hydrogen-bond donors (Lipinski definition) is 0. The normalized spacial score (nSPS) is 14.0. The molecule has 1 amide bonds. The Labute approximate surface area is 131 Å². The maximum atomic E-state index is 12.4. The number of nitrogens with zero attached hydrogens (tertiary/aromatic N) is 3. The summed E-state index contributed by atoms with van der Waals surface area (Å²) in [6.45, 7) is 5.71. The van der Waals surface area contributed by atoms with Crippen LogP contribution in [0.5, 0.6) is 0 Å². The van der Waals surface area contributed by atoms with Crippen molar-refractivity contribution in [3.05, 3.63) is 59.2 Å². The third kappa shape index (κ3) is 3.16. The van der Waals surface area contributed by atoms with Crippen LogP contribution >= 0.6 is 0 Å². The van der Waals surface area contributed by atoms with E-state index in [2.05, 4.69) is 31.0 Å². The SMILES string of the molecule is CC(C)c1ccc2c(n1)CCN(C(=O)Cc1ccccn1)C2. The number of carbonyl (C=O) groups is 1. The van der Waals surface area contributed by atoms with Crippen molar-refractivity contribution in [2.45, 2.75) is 39.2 Å². The highest BCUT2D eigenvalue weighted by molar-refractivity contribution is 5.78. The molecular formula is C18H21N3O. The van der Waals surface area contributed by atoms with Gasteiger partial charge in [0, 0.05) is 42.8 Å². The Hall–Kier alpha value is -2.23. The molecule has 0 N–H and O–H groups in total. The Morgan fingerprint density at radius 2 is 2.14 bits per heavy atom. The molecule has 0 radical (unpaired) electrons. The molecule has 0 aromatic carbocycles. The maximum Gasteiger partial charge on any atom is 0.228 e. The van der Waals surface area contributed by atoms with Gasteiger partial charge >= 0.3 is 0 Å². The average Bonchev–Trinajstić information content (AvgIpc) is 2.54. The third-order valence-corrected chi connectivity index (χ3v) is 4.07. The lowest BCUT2D eigenvalue weighted by Crippen LogP contribution is -2.37. The average molecular weight is 295 g/mol. The van der Waals surface area contributed by atoms with Gasteiger partial charge in [0.25, 0.3) is 0 Å². The van der Waals surface area contributed by atoms with E-state index in [4.69, 9.17) is 4.98 Å². The lowest BCUT2D eigenvalue weighted by atomic mass is 10.0. The van der Waals surface area contributed by atoms with E-state index in [1.807, 2.05) is 23.1 Å². The monoisotopic (exact) mass is 295 g/mol. The van der Waals surface area contributed by atoms with Gasteiger partial charge in [-0.15, -0.1) is 0 Å². The second-order valence-corrected chi connectivity index (χ2v) is 6.06. The van der Waals surface area contributed by atoms with Gasteiger partial charge < -0.3 is 4.90 Å². The molecule has 22 heavy (non-hydrogen) atoms. The molecule has 0 spiro atoms. The molecule has 4 nitrogen and oxygen atoms in total. The van der Waals surface area contributed by atoms with Gasteiger partial charge in [0.05, 0.1) is 6.42 Å². The fraction of sp³-hybridized carbons (Fsp3) is 0.389. The number of hydrogen-bond acceptors (Lipinski definition) is 3. The lowest BCUT2D eigenvalue weighted by molar-refractivity contribution is -0.131. The summed E-state index contributed by atoms with van der Waals surface area (Å²) in [4.78, 5) is 23.3. The molecule has 0 unspecified atom stereocenters. The predicted molar refractivity (Wildman–Crippen MR) is 85.4 cm³/mol. The topological polar surface area (TPSA) is 46.1 Å². The Morgan fingerprint density at radius 3 is 2.86 bits per heavy atom. The predicted octanol–water partition coefficient (Wildman–Crippen LogP) is 2.73. The third-order valence-electron chi connectivity index (χ3n) is 4.07. The highest BCUT2D eigenvalue weighted by Gasteiger charge is 2.22. The Bertz CT molecular complexity index is 667. The summed E-state index contributed by atoms with van der Waals surface area (Å²) < 4.78 is 0. The first kappa shape index (κ1) is 14.7. The van der Waals surface area contributed by atoms with Crippen molar-refractivity contribution in [1.29, 1.82) is 0 Å². The highest BCUT2D eigenvalue weighted by Crippen LogP contribution is 2.21. The zero-order valence-corrected chi connectivity index (χ0v) is 13.1. The molecule has 0 atom stereocenters. The fourth-order valence-corrected chi connectivity index (χ4v) is 2.74. The molecule has 2 aromatic rings. The van der Waals surface area contributed by atoms with Crippen molar-refractivity contribution in [1.82, 2.24) is 14.9 Å². The fourth-order valence-electron chi connectivity index (χ4n) is 2.74. The molecule has 3 rings (SSSR count). The number of aromatic nitrogens is 2. The van der Waals surface area contributed by atoms with Crippen LogP contribution in [0.25, 0.3) is 0 Å². The van der Waals surface area contributed by atoms with Crippen molar-refractivity contribution >= 4 is 5.91 Å². The van der Waals surface area contributed by atoms with Gasteiger partial charge in [-0.25, -0.2) is 0 Å². The van der Waals surface area contributed by atoms with Crippen molar-refractivity contribution in [2.24, 2.45) is 0 Å². The molecular weight excluding hydrogens is 274 g/mol. The van der Waals surface area contributed by atoms with Crippen molar-refractivity contribution < 1.29 is 4.79 Å². The molecule has 1 aliphatic rings. The van der Waals surface area contributed by atoms with Crippen molar-refractivity contribution in [3.8, 4) is 0 Å². The van der Waals surface area contributed by atoms with Gasteiger partial charge in [0.1, 0.15) is 0 Å². The first-order chi connectivity index (χ1) is 10.6. The minimum absolute atomic E-state index is 0.136. The summed E-state index contributed by atoms with van der Waals surface area (Å²) in [7, 11) is 0. The van der Waals surface area contributed by atoms with Crippen LogP contribution in [-0.4, -0.2) is 27.3 Å². The second kappa shape index (κ2) is 6.26. The summed E-state index contributed by atoms with van der Waals surface area (Å²) >= 11 is 0. The highest BCUT2D eigenvalue weighted by atomic mass is 16.2. The van der Waals surface area contributed by atoms with E-state index < -0.39 is 0 Å². The van der Waals surface area contributed by atoms with Crippen LogP contribution in [0.3, 0.4) is 0 Å². The summed E-state index contributed by atoms with van der Waals surface area (Å²) in [6.07, 6.45) is 2.93. The summed E-state index contributed by atoms with van der Waals surface area (Å²) in [5.41, 5.74) is 4.27. The van der Waals surface area contributed by atoms with E-state index in [0.29, 0.717) is 18.9 Å². The van der Waals surface area contributed by atoms with Crippen LogP contribution in [0.2, 0.25) is 0 Å². The molecule has 0 aliphatic carbocycles. The van der Waals surface area contributed by atoms with E-state index in [1.54, 1.807) is 6.20 Å². The van der Waals surface area contributed by atoms with Gasteiger partial charge in [-0.2, -0.15) is 0 Å². The van der Waals surface area contributed by atoms with Crippen LogP contribution in [0.15, 0.2) is 36.5 Å². The molecule has 0 saturated heterocycles. The van der Waals surface area contributed by atoms with Crippen LogP contribution in [-0.2, 0) is 24.2 Å². The summed E-state index contributed by atoms with van der Waals surface area (Å²) in [6, 6.07) is 9.88. The molecule has 4 heteroatoms. The van der Waals surface area contributed by atoms with Gasteiger partial charge in [-0.1, -0.05) is 26.0 Å². The number of carbonyl (C=O) groups excluding carboxylic acids is 1. The lowest BCUT2D eigenvalue weighted by Gasteiger charge is -2.28. The van der Waals surface area contributed by atoms with Crippen LogP contribution in [0.4, 0.5) is 0 Å². The zero-order chi connectivity index (χ0) is 15.5. The van der Waals surface area contributed by atoms with E-state index in [0.717, 1.165) is 30.0 Å². The van der Waals surface area contributed by atoms with Crippen LogP contribution in [0.1, 0.15) is 42.4 Å². The number of pyridine rings is 2. The van der Waals surface area contributed by atoms with E-state index in [-0.39, 0.29) is 5.91 Å². The first-order valence-corrected chi connectivity index (χ1v) is 7.80. The minimum atomic E-state index is 0.136. The molecule has 1 aliphatic heterocycles. The van der Waals surface area contributed by atoms with Gasteiger partial charge in [0.2, 0.25) is 5.91 Å². The molecule has 0 saturated carbocycles. The molecule has 114 valence electrons. The van der Waals surface area contributed by atoms with Crippen LogP contribution in [0, 0.1) is 0 Å². The maximum absolute atomic E-state index is 12.4. The quantitative estimate of drug-likeness (QED) is 0.874. The van der Waals surface area contributed by atoms with Crippen LogP contribution < -0.4 is 0 Å². The standard InChI is InChI=1S/C18H21N3O/c1-13(2)16-7-6-14-12-21(10-8-17(14)20-16)18(22)11-15-5-3-4-9-19-15/h3-7,9,13H,8,10-12H2,1-2H3. The Kier molecular flexibility index (Phi) is 4.18. The van der Waals surface area contributed by atoms with Gasteiger partial charge in [-0.05, 0) is 29.7 Å². The zero-order valence-electron chi connectivity index (χ0n) is 13.1. The van der Waals surface area contributed by atoms with Gasteiger partial charge in [0.15, 0.2) is 0 Å². The smallest absolute Gasteiger partial charge is 0.228 e. The number of rotatable bonds is 3. The van der Waals surface area contributed by atoms with Gasteiger partial charge in [-0.3, -0.25) is 14.8 Å². The largest absolute Gasteiger partial charge is 0.338 e. The van der Waals surface area contributed by atoms with E-state index in [1.165, 1.54) is 5.56 Å². The molecule has 0 fully saturated rings. The van der Waals surface area contributed by atoms with Crippen molar-refractivity contribution in [2.75, 3.05) is 6.54 Å². The molecule has 0 bridgehead atoms. The molecule has 2 aromatic heterocycles. The first-order valence-electron chi connectivity index (χ1n) is 7.80. The van der Waals surface area contributed by atoms with Crippen molar-refractivity contribution in [3.63, 3.8) is 0 Å². The number of amides is 1. The minimum Gasteiger partial charge on any atom is -0.338 e. The molecule has 3 heterocycles. The Morgan fingerprint density at radius 1 is 1.27 bits per heavy atom. The Balaban J connectivity index is 1.70. The second-order valence-electron chi connectivity index (χ2n) is 6.06. The summed E-state index contributed by atoms with van der Waals surface area (Å²) in [5.74, 6) is 0.575. The van der Waals surface area contributed by atoms with E-state index >= 15 is 0 Å². The van der Waals surface area contributed by atoms with E-state index in [9.17, 15) is 4.79 Å². The summed E-state index contributed by atoms with van der Waals surface area (Å²) in [5, 5.41) is 0.